The van der Waals surface area contributed by atoms with Gasteiger partial charge in [-0.3, -0.25) is 0 Å². The minimum atomic E-state index is -0.207. The number of hydrogen-bond donors (Lipinski definition) is 2. The van der Waals surface area contributed by atoms with Crippen LogP contribution >= 0.6 is 11.3 Å². The highest BCUT2D eigenvalue weighted by atomic mass is 32.1. The van der Waals surface area contributed by atoms with Gasteiger partial charge < -0.3 is 15.3 Å². The molecule has 0 radical (unpaired) electrons. The Morgan fingerprint density at radius 1 is 1.12 bits per heavy atom. The number of anilines is 2. The van der Waals surface area contributed by atoms with Gasteiger partial charge in [-0.2, -0.15) is 0 Å². The van der Waals surface area contributed by atoms with Gasteiger partial charge in [-0.25, -0.2) is 9.37 Å². The van der Waals surface area contributed by atoms with Gasteiger partial charge in [0.1, 0.15) is 17.1 Å². The molecule has 24 heavy (non-hydrogen) atoms. The van der Waals surface area contributed by atoms with E-state index in [1.807, 2.05) is 18.2 Å². The van der Waals surface area contributed by atoms with Crippen molar-refractivity contribution in [1.29, 1.82) is 0 Å². The molecule has 2 N–H and O–H groups in total. The Kier molecular flexibility index (Phi) is 3.98. The Bertz CT molecular complexity index is 858. The maximum atomic E-state index is 13.7. The van der Waals surface area contributed by atoms with Gasteiger partial charge in [0.25, 0.3) is 0 Å². The van der Waals surface area contributed by atoms with E-state index >= 15 is 0 Å². The summed E-state index contributed by atoms with van der Waals surface area (Å²) in [5, 5.41) is 14.1. The minimum absolute atomic E-state index is 0.207. The molecule has 0 saturated carbocycles. The molecular weight excluding hydrogens is 325 g/mol. The number of halogens is 1. The molecule has 2 aromatic carbocycles. The van der Waals surface area contributed by atoms with Crippen LogP contribution in [0.15, 0.2) is 42.5 Å². The Hall–Kier alpha value is -2.34. The molecule has 1 saturated heterocycles. The normalized spacial score (nSPS) is 15.8. The van der Waals surface area contributed by atoms with Crippen LogP contribution in [-0.4, -0.2) is 29.2 Å². The fourth-order valence-corrected chi connectivity index (χ4v) is 4.11. The first-order valence-corrected chi connectivity index (χ1v) is 8.87. The molecule has 0 aliphatic carbocycles. The molecule has 4 nitrogen and oxygen atoms in total. The van der Waals surface area contributed by atoms with Gasteiger partial charge in [0, 0.05) is 19.1 Å². The number of fused-ring (bicyclic) bond motifs is 1. The van der Waals surface area contributed by atoms with E-state index in [1.165, 1.54) is 6.07 Å². The van der Waals surface area contributed by atoms with Gasteiger partial charge in [-0.05, 0) is 37.1 Å². The van der Waals surface area contributed by atoms with Crippen LogP contribution in [0.4, 0.5) is 15.2 Å². The van der Waals surface area contributed by atoms with E-state index in [0.717, 1.165) is 35.8 Å². The Morgan fingerprint density at radius 2 is 1.92 bits per heavy atom. The number of aromatic nitrogens is 1. The number of thiazole rings is 1. The summed E-state index contributed by atoms with van der Waals surface area (Å²) in [4.78, 5) is 6.81. The fourth-order valence-electron chi connectivity index (χ4n) is 3.07. The molecule has 2 heterocycles. The van der Waals surface area contributed by atoms with Crippen LogP contribution in [0, 0.1) is 5.82 Å². The Morgan fingerprint density at radius 3 is 2.67 bits per heavy atom. The van der Waals surface area contributed by atoms with Gasteiger partial charge in [0.2, 0.25) is 0 Å². The van der Waals surface area contributed by atoms with Gasteiger partial charge in [0.05, 0.1) is 10.4 Å². The fraction of sp³-hybridized carbons (Fsp3) is 0.278. The van der Waals surface area contributed by atoms with Crippen LogP contribution < -0.4 is 10.2 Å². The largest absolute Gasteiger partial charge is 0.506 e. The summed E-state index contributed by atoms with van der Waals surface area (Å²) in [6.07, 6.45) is 1.85. The van der Waals surface area contributed by atoms with E-state index < -0.39 is 0 Å². The second-order valence-electron chi connectivity index (χ2n) is 6.01. The number of nitrogens with zero attached hydrogens (tertiary/aromatic N) is 2. The lowest BCUT2D eigenvalue weighted by Gasteiger charge is -2.32. The average Bonchev–Trinajstić information content (AvgIpc) is 3.03. The molecule has 0 amide bonds. The monoisotopic (exact) mass is 343 g/mol. The number of benzene rings is 2. The van der Waals surface area contributed by atoms with Gasteiger partial charge in [0.15, 0.2) is 5.13 Å². The lowest BCUT2D eigenvalue weighted by Crippen LogP contribution is -2.39. The second-order valence-corrected chi connectivity index (χ2v) is 7.01. The van der Waals surface area contributed by atoms with Crippen molar-refractivity contribution >= 4 is 32.4 Å². The van der Waals surface area contributed by atoms with Crippen molar-refractivity contribution in [2.24, 2.45) is 0 Å². The van der Waals surface area contributed by atoms with E-state index in [9.17, 15) is 9.50 Å². The van der Waals surface area contributed by atoms with Gasteiger partial charge in [-0.15, -0.1) is 0 Å². The quantitative estimate of drug-likeness (QED) is 0.747. The first-order valence-electron chi connectivity index (χ1n) is 8.05. The highest BCUT2D eigenvalue weighted by Gasteiger charge is 2.22. The lowest BCUT2D eigenvalue weighted by atomic mass is 10.1. The number of piperidine rings is 1. The molecule has 0 spiro atoms. The zero-order chi connectivity index (χ0) is 16.5. The van der Waals surface area contributed by atoms with Crippen molar-refractivity contribution in [3.05, 3.63) is 48.3 Å². The maximum Gasteiger partial charge on any atom is 0.186 e. The zero-order valence-electron chi connectivity index (χ0n) is 13.1. The van der Waals surface area contributed by atoms with Crippen molar-refractivity contribution in [3.63, 3.8) is 0 Å². The van der Waals surface area contributed by atoms with Crippen molar-refractivity contribution in [2.45, 2.75) is 18.9 Å². The third-order valence-electron chi connectivity index (χ3n) is 4.39. The van der Waals surface area contributed by atoms with Crippen molar-refractivity contribution in [1.82, 2.24) is 4.98 Å². The molecule has 124 valence electrons. The number of rotatable bonds is 3. The van der Waals surface area contributed by atoms with Crippen LogP contribution in [0.2, 0.25) is 0 Å². The zero-order valence-corrected chi connectivity index (χ0v) is 13.9. The van der Waals surface area contributed by atoms with E-state index in [4.69, 9.17) is 0 Å². The molecule has 6 heteroatoms. The summed E-state index contributed by atoms with van der Waals surface area (Å²) in [5.41, 5.74) is 1.24. The van der Waals surface area contributed by atoms with Crippen molar-refractivity contribution in [3.8, 4) is 5.75 Å². The molecule has 1 aliphatic heterocycles. The van der Waals surface area contributed by atoms with Gasteiger partial charge >= 0.3 is 0 Å². The smallest absolute Gasteiger partial charge is 0.186 e. The topological polar surface area (TPSA) is 48.4 Å². The molecule has 1 aliphatic rings. The summed E-state index contributed by atoms with van der Waals surface area (Å²) in [6, 6.07) is 12.5. The Balaban J connectivity index is 1.44. The number of para-hydroxylation sites is 2. The highest BCUT2D eigenvalue weighted by Crippen LogP contribution is 2.34. The third kappa shape index (κ3) is 2.89. The SMILES string of the molecule is Oc1cccc2sc(N3CCC(Nc4ccccc4F)CC3)nc12. The number of phenolic OH excluding ortho intramolecular Hbond substituents is 1. The summed E-state index contributed by atoms with van der Waals surface area (Å²) >= 11 is 1.60. The first kappa shape index (κ1) is 15.2. The van der Waals surface area contributed by atoms with Crippen LogP contribution in [0.1, 0.15) is 12.8 Å². The van der Waals surface area contributed by atoms with Crippen molar-refractivity contribution < 1.29 is 9.50 Å². The maximum absolute atomic E-state index is 13.7. The van der Waals surface area contributed by atoms with E-state index in [1.54, 1.807) is 29.5 Å². The summed E-state index contributed by atoms with van der Waals surface area (Å²) in [6.45, 7) is 1.74. The van der Waals surface area contributed by atoms with Crippen LogP contribution in [0.25, 0.3) is 10.2 Å². The molecular formula is C18H18FN3OS. The molecule has 4 rings (SSSR count). The molecule has 3 aromatic rings. The molecule has 1 aromatic heterocycles. The number of aromatic hydroxyl groups is 1. The highest BCUT2D eigenvalue weighted by molar-refractivity contribution is 7.22. The third-order valence-corrected chi connectivity index (χ3v) is 5.47. The number of hydrogen-bond acceptors (Lipinski definition) is 5. The number of nitrogens with one attached hydrogen (secondary N) is 1. The Labute approximate surface area is 143 Å². The second kappa shape index (κ2) is 6.28. The minimum Gasteiger partial charge on any atom is -0.506 e. The predicted octanol–water partition coefficient (Wildman–Crippen LogP) is 4.22. The van der Waals surface area contributed by atoms with E-state index in [-0.39, 0.29) is 17.6 Å². The van der Waals surface area contributed by atoms with Crippen LogP contribution in [0.5, 0.6) is 5.75 Å². The average molecular weight is 343 g/mol. The van der Waals surface area contributed by atoms with Crippen LogP contribution in [-0.2, 0) is 0 Å². The molecule has 0 bridgehead atoms. The van der Waals surface area contributed by atoms with Gasteiger partial charge in [-0.1, -0.05) is 29.5 Å². The molecule has 0 unspecified atom stereocenters. The van der Waals surface area contributed by atoms with E-state index in [2.05, 4.69) is 15.2 Å². The standard InChI is InChI=1S/C18H18FN3OS/c19-13-4-1-2-5-14(13)20-12-8-10-22(11-9-12)18-21-17-15(23)6-3-7-16(17)24-18/h1-7,12,20,23H,8-11H2. The first-order chi connectivity index (χ1) is 11.7. The predicted molar refractivity (Wildman–Crippen MR) is 96.5 cm³/mol. The molecule has 0 atom stereocenters. The number of phenols is 1. The van der Waals surface area contributed by atoms with Crippen LogP contribution in [0.3, 0.4) is 0 Å². The molecule has 1 fully saturated rings. The summed E-state index contributed by atoms with van der Waals surface area (Å²) in [7, 11) is 0. The van der Waals surface area contributed by atoms with E-state index in [0.29, 0.717) is 11.2 Å². The lowest BCUT2D eigenvalue weighted by molar-refractivity contribution is 0.480. The summed E-state index contributed by atoms with van der Waals surface area (Å²) in [5.74, 6) is 0.0210. The van der Waals surface area contributed by atoms with Crippen molar-refractivity contribution in [2.75, 3.05) is 23.3 Å². The summed E-state index contributed by atoms with van der Waals surface area (Å²) < 4.78 is 14.7.